The Morgan fingerprint density at radius 1 is 1.50 bits per heavy atom. The zero-order valence-electron chi connectivity index (χ0n) is 10.8. The molecule has 106 valence electrons. The van der Waals surface area contributed by atoms with E-state index in [1.807, 2.05) is 0 Å². The lowest BCUT2D eigenvalue weighted by atomic mass is 10.2. The number of nitrogens with one attached hydrogen (secondary N) is 1. The molecule has 3 rings (SSSR count). The number of hydrogen-bond donors (Lipinski definition) is 1. The van der Waals surface area contributed by atoms with Crippen LogP contribution >= 0.6 is 15.9 Å². The average Bonchev–Trinajstić information content (AvgIpc) is 3.09. The molecule has 1 aliphatic rings. The average molecular weight is 342 g/mol. The van der Waals surface area contributed by atoms with Gasteiger partial charge in [0, 0.05) is 23.7 Å². The van der Waals surface area contributed by atoms with Crippen LogP contribution in [-0.4, -0.2) is 29.9 Å². The van der Waals surface area contributed by atoms with Gasteiger partial charge in [-0.15, -0.1) is 0 Å². The fraction of sp³-hybridized carbons (Fsp3) is 0.385. The van der Waals surface area contributed by atoms with Crippen molar-refractivity contribution in [2.75, 3.05) is 13.7 Å². The van der Waals surface area contributed by atoms with Crippen molar-refractivity contribution in [3.05, 3.63) is 34.4 Å². The van der Waals surface area contributed by atoms with Crippen LogP contribution in [0.2, 0.25) is 0 Å². The summed E-state index contributed by atoms with van der Waals surface area (Å²) in [6, 6.07) is 4.35. The Kier molecular flexibility index (Phi) is 3.82. The van der Waals surface area contributed by atoms with E-state index in [2.05, 4.69) is 31.4 Å². The monoisotopic (exact) mass is 341 g/mol. The van der Waals surface area contributed by atoms with E-state index >= 15 is 0 Å². The number of rotatable bonds is 3. The number of halogens is 2. The van der Waals surface area contributed by atoms with Crippen molar-refractivity contribution in [2.24, 2.45) is 0 Å². The van der Waals surface area contributed by atoms with E-state index in [9.17, 15) is 4.39 Å². The third kappa shape index (κ3) is 2.61. The van der Waals surface area contributed by atoms with E-state index in [4.69, 9.17) is 9.26 Å². The third-order valence-electron chi connectivity index (χ3n) is 3.33. The molecule has 0 saturated carbocycles. The first kappa shape index (κ1) is 13.7. The molecule has 2 heterocycles. The Balaban J connectivity index is 1.85. The predicted molar refractivity (Wildman–Crippen MR) is 73.5 cm³/mol. The van der Waals surface area contributed by atoms with Crippen molar-refractivity contribution in [2.45, 2.75) is 18.6 Å². The van der Waals surface area contributed by atoms with Crippen molar-refractivity contribution in [1.82, 2.24) is 15.5 Å². The second-order valence-corrected chi connectivity index (χ2v) is 5.49. The van der Waals surface area contributed by atoms with Crippen molar-refractivity contribution < 1.29 is 13.7 Å². The maximum absolute atomic E-state index is 13.3. The van der Waals surface area contributed by atoms with Gasteiger partial charge in [0.25, 0.3) is 0 Å². The van der Waals surface area contributed by atoms with Crippen LogP contribution in [0.15, 0.2) is 27.2 Å². The summed E-state index contributed by atoms with van der Waals surface area (Å²) in [5.74, 6) is 0.526. The highest BCUT2D eigenvalue weighted by Gasteiger charge is 2.29. The second-order valence-electron chi connectivity index (χ2n) is 4.63. The summed E-state index contributed by atoms with van der Waals surface area (Å²) >= 11 is 3.36. The van der Waals surface area contributed by atoms with Gasteiger partial charge < -0.3 is 14.6 Å². The minimum absolute atomic E-state index is 0.0199. The van der Waals surface area contributed by atoms with Gasteiger partial charge in [0.2, 0.25) is 11.7 Å². The zero-order valence-corrected chi connectivity index (χ0v) is 12.4. The summed E-state index contributed by atoms with van der Waals surface area (Å²) in [6.07, 6.45) is 0.930. The zero-order chi connectivity index (χ0) is 14.1. The molecule has 7 heteroatoms. The molecule has 0 spiro atoms. The molecule has 0 radical (unpaired) electrons. The van der Waals surface area contributed by atoms with Gasteiger partial charge >= 0.3 is 0 Å². The maximum atomic E-state index is 13.3. The van der Waals surface area contributed by atoms with Gasteiger partial charge in [0.15, 0.2) is 0 Å². The van der Waals surface area contributed by atoms with Crippen LogP contribution in [0.4, 0.5) is 4.39 Å². The fourth-order valence-corrected chi connectivity index (χ4v) is 2.65. The molecule has 20 heavy (non-hydrogen) atoms. The number of ether oxygens (including phenoxy) is 1. The van der Waals surface area contributed by atoms with Crippen molar-refractivity contribution >= 4 is 15.9 Å². The number of hydrogen-bond acceptors (Lipinski definition) is 5. The first-order chi connectivity index (χ1) is 9.67. The van der Waals surface area contributed by atoms with E-state index < -0.39 is 0 Å². The first-order valence-corrected chi connectivity index (χ1v) is 7.02. The van der Waals surface area contributed by atoms with Gasteiger partial charge in [-0.3, -0.25) is 0 Å². The van der Waals surface area contributed by atoms with Gasteiger partial charge in [0.1, 0.15) is 5.82 Å². The van der Waals surface area contributed by atoms with Gasteiger partial charge in [-0.2, -0.15) is 4.98 Å². The van der Waals surface area contributed by atoms with Crippen molar-refractivity contribution in [3.8, 4) is 11.4 Å². The fourth-order valence-electron chi connectivity index (χ4n) is 2.23. The van der Waals surface area contributed by atoms with Gasteiger partial charge in [-0.25, -0.2) is 4.39 Å². The summed E-state index contributed by atoms with van der Waals surface area (Å²) in [7, 11) is 1.68. The van der Waals surface area contributed by atoms with E-state index in [0.29, 0.717) is 17.3 Å². The number of nitrogens with zero attached hydrogens (tertiary/aromatic N) is 2. The minimum Gasteiger partial charge on any atom is -0.380 e. The van der Waals surface area contributed by atoms with Crippen LogP contribution in [0.25, 0.3) is 11.4 Å². The van der Waals surface area contributed by atoms with Crippen LogP contribution in [0.3, 0.4) is 0 Å². The number of aromatic nitrogens is 2. The molecule has 1 fully saturated rings. The SMILES string of the molecule is CO[C@@H]1CN[C@@H](c2nc(-c3cc(F)ccc3Br)no2)C1. The first-order valence-electron chi connectivity index (χ1n) is 6.22. The Labute approximate surface area is 123 Å². The molecule has 1 aliphatic heterocycles. The quantitative estimate of drug-likeness (QED) is 0.929. The molecule has 5 nitrogen and oxygen atoms in total. The lowest BCUT2D eigenvalue weighted by molar-refractivity contribution is 0.116. The van der Waals surface area contributed by atoms with E-state index in [0.717, 1.165) is 17.4 Å². The van der Waals surface area contributed by atoms with Crippen molar-refractivity contribution in [1.29, 1.82) is 0 Å². The predicted octanol–water partition coefficient (Wildman–Crippen LogP) is 2.69. The van der Waals surface area contributed by atoms with Crippen molar-refractivity contribution in [3.63, 3.8) is 0 Å². The van der Waals surface area contributed by atoms with Crippen LogP contribution < -0.4 is 5.32 Å². The molecule has 0 amide bonds. The van der Waals surface area contributed by atoms with E-state index in [1.54, 1.807) is 13.2 Å². The molecule has 1 aromatic carbocycles. The molecular formula is C13H13BrFN3O2. The normalized spacial score (nSPS) is 22.4. The standard InChI is InChI=1S/C13H13BrFN3O2/c1-19-8-5-11(16-6-8)13-17-12(18-20-13)9-4-7(15)2-3-10(9)14/h2-4,8,11,16H,5-6H2,1H3/t8-,11+/m0/s1. The maximum Gasteiger partial charge on any atom is 0.244 e. The van der Waals surface area contributed by atoms with Gasteiger partial charge in [-0.1, -0.05) is 21.1 Å². The summed E-state index contributed by atoms with van der Waals surface area (Å²) in [4.78, 5) is 4.34. The van der Waals surface area contributed by atoms with Gasteiger partial charge in [-0.05, 0) is 24.6 Å². The molecule has 1 saturated heterocycles. The highest BCUT2D eigenvalue weighted by Crippen LogP contribution is 2.29. The summed E-state index contributed by atoms with van der Waals surface area (Å²) in [5, 5.41) is 7.18. The molecule has 2 atom stereocenters. The Bertz CT molecular complexity index is 619. The topological polar surface area (TPSA) is 60.2 Å². The molecule has 0 unspecified atom stereocenters. The Hall–Kier alpha value is -1.31. The lowest BCUT2D eigenvalue weighted by Crippen LogP contribution is -2.16. The molecule has 0 bridgehead atoms. The molecular weight excluding hydrogens is 329 g/mol. The third-order valence-corrected chi connectivity index (χ3v) is 4.02. The minimum atomic E-state index is -0.340. The Morgan fingerprint density at radius 2 is 2.35 bits per heavy atom. The highest BCUT2D eigenvalue weighted by atomic mass is 79.9. The molecule has 2 aromatic rings. The largest absolute Gasteiger partial charge is 0.380 e. The smallest absolute Gasteiger partial charge is 0.244 e. The van der Waals surface area contributed by atoms with Gasteiger partial charge in [0.05, 0.1) is 12.1 Å². The number of methoxy groups -OCH3 is 1. The lowest BCUT2D eigenvalue weighted by Gasteiger charge is -2.04. The van der Waals surface area contributed by atoms with Crippen LogP contribution in [-0.2, 0) is 4.74 Å². The van der Waals surface area contributed by atoms with E-state index in [-0.39, 0.29) is 18.0 Å². The van der Waals surface area contributed by atoms with Crippen LogP contribution in [0.1, 0.15) is 18.4 Å². The molecule has 1 N–H and O–H groups in total. The molecule has 1 aromatic heterocycles. The Morgan fingerprint density at radius 3 is 3.10 bits per heavy atom. The van der Waals surface area contributed by atoms with E-state index in [1.165, 1.54) is 12.1 Å². The highest BCUT2D eigenvalue weighted by molar-refractivity contribution is 9.10. The summed E-state index contributed by atoms with van der Waals surface area (Å²) in [5.41, 5.74) is 0.571. The summed E-state index contributed by atoms with van der Waals surface area (Å²) in [6.45, 7) is 0.753. The number of benzene rings is 1. The molecule has 0 aliphatic carbocycles. The second kappa shape index (κ2) is 5.59. The van der Waals surface area contributed by atoms with Crippen LogP contribution in [0.5, 0.6) is 0 Å². The van der Waals surface area contributed by atoms with Crippen LogP contribution in [0, 0.1) is 5.82 Å². The summed E-state index contributed by atoms with van der Waals surface area (Å²) < 4.78 is 24.6.